The highest BCUT2D eigenvalue weighted by molar-refractivity contribution is 6.30. The fourth-order valence-electron chi connectivity index (χ4n) is 20.1. The zero-order valence-electron chi connectivity index (χ0n) is 61.8. The average Bonchev–Trinajstić information content (AvgIpc) is 1.23. The summed E-state index contributed by atoms with van der Waals surface area (Å²) in [5.74, 6) is 0. The van der Waals surface area contributed by atoms with Gasteiger partial charge in [0.25, 0.3) is 0 Å². The molecule has 0 atom stereocenters. The number of fused-ring (bicyclic) bond motifs is 20. The molecule has 2 aliphatic rings. The Balaban J connectivity index is 0.000000136. The number of hydrogen-bond acceptors (Lipinski definition) is 0. The predicted molar refractivity (Wildman–Crippen MR) is 473 cm³/mol. The highest BCUT2D eigenvalue weighted by Crippen LogP contribution is 2.57. The van der Waals surface area contributed by atoms with Gasteiger partial charge in [-0.05, 0) is 278 Å². The maximum atomic E-state index is 2.44. The van der Waals surface area contributed by atoms with E-state index < -0.39 is 0 Å². The number of benzene rings is 21. The predicted octanol–water partition coefficient (Wildman–Crippen LogP) is 30.7. The molecule has 0 spiro atoms. The van der Waals surface area contributed by atoms with Crippen LogP contribution in [0.4, 0.5) is 0 Å². The Morgan fingerprint density at radius 2 is 0.445 bits per heavy atom. The SMILES string of the molecule is CC1(C)c2cc3ccccc3cc2-c2cccc(-c3cccc(-c4c5ccccc5c(-c5cc6ccc7ccccc7c6c6ccccc56)c5ccccc45)c3)c21.CC1(C)c2cc3ccccc3cc2-c2cccc(-c3cccc(-c4c5ccccc5c(-c5cc6ccccc6c6ccccc56)c5ccccc45)c3)c21. The van der Waals surface area contributed by atoms with Crippen molar-refractivity contribution in [3.05, 3.63) is 398 Å². The van der Waals surface area contributed by atoms with Gasteiger partial charge in [0.2, 0.25) is 0 Å². The summed E-state index contributed by atoms with van der Waals surface area (Å²) in [6.45, 7) is 9.60. The number of hydrogen-bond donors (Lipinski definition) is 0. The van der Waals surface area contributed by atoms with Gasteiger partial charge in [0.1, 0.15) is 0 Å². The number of rotatable bonds is 6. The molecule has 0 unspecified atom stereocenters. The van der Waals surface area contributed by atoms with Gasteiger partial charge in [0.05, 0.1) is 0 Å². The zero-order valence-corrected chi connectivity index (χ0v) is 61.8. The fraction of sp³-hybridized carbons (Fsp3) is 0.0545. The molecule has 2 aliphatic carbocycles. The third-order valence-electron chi connectivity index (χ3n) is 24.9. The molecular formula is C110H74. The first-order chi connectivity index (χ1) is 54.1. The molecule has 514 valence electrons. The smallest absolute Gasteiger partial charge is 0.0165 e. The van der Waals surface area contributed by atoms with Crippen molar-refractivity contribution in [3.63, 3.8) is 0 Å². The van der Waals surface area contributed by atoms with Gasteiger partial charge in [0.15, 0.2) is 0 Å². The highest BCUT2D eigenvalue weighted by Gasteiger charge is 2.40. The second kappa shape index (κ2) is 24.5. The van der Waals surface area contributed by atoms with Crippen LogP contribution < -0.4 is 0 Å². The van der Waals surface area contributed by atoms with Crippen molar-refractivity contribution in [1.82, 2.24) is 0 Å². The third kappa shape index (κ3) is 9.59. The molecule has 0 aromatic heterocycles. The Bertz CT molecular complexity index is 7410. The molecule has 0 N–H and O–H groups in total. The van der Waals surface area contributed by atoms with Crippen LogP contribution in [0.15, 0.2) is 376 Å². The van der Waals surface area contributed by atoms with E-state index in [0.717, 1.165) is 0 Å². The van der Waals surface area contributed by atoms with Gasteiger partial charge in [0, 0.05) is 10.8 Å². The molecule has 21 aromatic rings. The van der Waals surface area contributed by atoms with Gasteiger partial charge < -0.3 is 0 Å². The second-order valence-electron chi connectivity index (χ2n) is 31.6. The minimum absolute atomic E-state index is 0.134. The van der Waals surface area contributed by atoms with Crippen LogP contribution in [-0.2, 0) is 10.8 Å². The molecule has 0 bridgehead atoms. The van der Waals surface area contributed by atoms with E-state index in [9.17, 15) is 0 Å². The van der Waals surface area contributed by atoms with E-state index in [1.807, 2.05) is 0 Å². The zero-order chi connectivity index (χ0) is 73.1. The van der Waals surface area contributed by atoms with Crippen LogP contribution in [-0.4, -0.2) is 0 Å². The summed E-state index contributed by atoms with van der Waals surface area (Å²) >= 11 is 0. The summed E-state index contributed by atoms with van der Waals surface area (Å²) in [5, 5.41) is 28.2. The van der Waals surface area contributed by atoms with Crippen LogP contribution in [0, 0.1) is 0 Å². The van der Waals surface area contributed by atoms with Gasteiger partial charge >= 0.3 is 0 Å². The van der Waals surface area contributed by atoms with E-state index >= 15 is 0 Å². The van der Waals surface area contributed by atoms with Gasteiger partial charge in [-0.2, -0.15) is 0 Å². The summed E-state index contributed by atoms with van der Waals surface area (Å²) in [7, 11) is 0. The fourth-order valence-corrected chi connectivity index (χ4v) is 20.1. The Kier molecular flexibility index (Phi) is 14.2. The molecule has 0 amide bonds. The lowest BCUT2D eigenvalue weighted by molar-refractivity contribution is 0.663. The first-order valence-corrected chi connectivity index (χ1v) is 38.8. The normalized spacial score (nSPS) is 13.2. The topological polar surface area (TPSA) is 0 Å². The van der Waals surface area contributed by atoms with Crippen LogP contribution in [0.25, 0.3) is 208 Å². The van der Waals surface area contributed by atoms with Crippen molar-refractivity contribution in [2.24, 2.45) is 0 Å². The standard InChI is InChI=1S/C57H38.C53H36/c1-57(2)52-34-37-17-4-3-16-36(37)32-50(52)49-28-14-27-42(56(49)57)38-18-13-19-39(31-38)54-45-23-9-11-25-47(45)55(48-26-12-10-24-46(48)54)51-33-40-30-29-35-15-5-6-20-41(35)53(40)44-22-8-7-21-43(44)51;1-53(2)49-32-34-16-4-3-15-33(34)30-47(49)46-28-14-27-39(52(46)53)35-18-13-19-37(29-35)50-42-23-9-11-25-44(42)51(45-26-12-10-24-43(45)50)48-31-36-17-5-6-20-38(36)40-21-7-8-22-41(40)48/h3-34H,1-2H3;3-32H,1-2H3. The minimum atomic E-state index is -0.142. The molecule has 0 heterocycles. The lowest BCUT2D eigenvalue weighted by Gasteiger charge is -2.25. The van der Waals surface area contributed by atoms with Crippen molar-refractivity contribution in [3.8, 4) is 89.0 Å². The van der Waals surface area contributed by atoms with Gasteiger partial charge in [-0.15, -0.1) is 0 Å². The summed E-state index contributed by atoms with van der Waals surface area (Å²) < 4.78 is 0. The Labute approximate surface area is 640 Å². The maximum Gasteiger partial charge on any atom is 0.0165 e. The first-order valence-electron chi connectivity index (χ1n) is 38.8. The molecule has 21 aromatic carbocycles. The summed E-state index contributed by atoms with van der Waals surface area (Å²) in [6, 6.07) is 141. The van der Waals surface area contributed by atoms with Crippen molar-refractivity contribution >= 4 is 118 Å². The highest BCUT2D eigenvalue weighted by atomic mass is 14.4. The summed E-state index contributed by atoms with van der Waals surface area (Å²) in [5.41, 5.74) is 26.1. The van der Waals surface area contributed by atoms with Crippen LogP contribution in [0.5, 0.6) is 0 Å². The third-order valence-corrected chi connectivity index (χ3v) is 24.9. The molecular weight excluding hydrogens is 1320 g/mol. The molecule has 0 aliphatic heterocycles. The van der Waals surface area contributed by atoms with Gasteiger partial charge in [-0.25, -0.2) is 0 Å². The molecule has 110 heavy (non-hydrogen) atoms. The molecule has 0 heteroatoms. The Morgan fingerprint density at radius 1 is 0.155 bits per heavy atom. The van der Waals surface area contributed by atoms with Crippen LogP contribution in [0.1, 0.15) is 49.9 Å². The quantitative estimate of drug-likeness (QED) is 0.115. The molecule has 0 fully saturated rings. The maximum absolute atomic E-state index is 2.44. The molecule has 0 saturated carbocycles. The first kappa shape index (κ1) is 63.7. The average molecular weight is 1400 g/mol. The van der Waals surface area contributed by atoms with Crippen LogP contribution >= 0.6 is 0 Å². The molecule has 23 rings (SSSR count). The minimum Gasteiger partial charge on any atom is -0.0616 e. The second-order valence-corrected chi connectivity index (χ2v) is 31.6. The van der Waals surface area contributed by atoms with E-state index in [4.69, 9.17) is 0 Å². The van der Waals surface area contributed by atoms with Crippen LogP contribution in [0.2, 0.25) is 0 Å². The Morgan fingerprint density at radius 3 is 0.891 bits per heavy atom. The lowest BCUT2D eigenvalue weighted by Crippen LogP contribution is -2.16. The monoisotopic (exact) mass is 1390 g/mol. The summed E-state index contributed by atoms with van der Waals surface area (Å²) in [4.78, 5) is 0. The van der Waals surface area contributed by atoms with Gasteiger partial charge in [-0.3, -0.25) is 0 Å². The summed E-state index contributed by atoms with van der Waals surface area (Å²) in [6.07, 6.45) is 0. The van der Waals surface area contributed by atoms with E-state index in [1.54, 1.807) is 0 Å². The van der Waals surface area contributed by atoms with E-state index in [1.165, 1.54) is 230 Å². The van der Waals surface area contributed by atoms with Crippen LogP contribution in [0.3, 0.4) is 0 Å². The van der Waals surface area contributed by atoms with E-state index in [2.05, 4.69) is 404 Å². The largest absolute Gasteiger partial charge is 0.0616 e. The molecule has 0 saturated heterocycles. The van der Waals surface area contributed by atoms with Gasteiger partial charge in [-0.1, -0.05) is 355 Å². The van der Waals surface area contributed by atoms with Crippen molar-refractivity contribution in [1.29, 1.82) is 0 Å². The van der Waals surface area contributed by atoms with Crippen molar-refractivity contribution in [2.75, 3.05) is 0 Å². The molecule has 0 nitrogen and oxygen atoms in total. The lowest BCUT2D eigenvalue weighted by atomic mass is 9.78. The Hall–Kier alpha value is -13.5. The van der Waals surface area contributed by atoms with E-state index in [0.29, 0.717) is 0 Å². The molecule has 0 radical (unpaired) electrons. The van der Waals surface area contributed by atoms with Crippen molar-refractivity contribution in [2.45, 2.75) is 38.5 Å². The van der Waals surface area contributed by atoms with E-state index in [-0.39, 0.29) is 10.8 Å². The van der Waals surface area contributed by atoms with Crippen molar-refractivity contribution < 1.29 is 0 Å².